The monoisotopic (exact) mass is 283 g/mol. The number of aromatic nitrogens is 1. The second-order valence-electron chi connectivity index (χ2n) is 5.22. The van der Waals surface area contributed by atoms with E-state index in [1.807, 2.05) is 18.3 Å². The van der Waals surface area contributed by atoms with Gasteiger partial charge in [-0.15, -0.1) is 0 Å². The van der Waals surface area contributed by atoms with Crippen LogP contribution in [0.2, 0.25) is 5.15 Å². The molecule has 0 atom stereocenters. The van der Waals surface area contributed by atoms with Gasteiger partial charge in [-0.2, -0.15) is 0 Å². The molecule has 1 aromatic rings. The maximum Gasteiger partial charge on any atom is 0.129 e. The molecule has 2 heterocycles. The van der Waals surface area contributed by atoms with E-state index in [1.165, 1.54) is 0 Å². The van der Waals surface area contributed by atoms with Gasteiger partial charge in [-0.1, -0.05) is 17.7 Å². The first-order valence-electron chi connectivity index (χ1n) is 6.83. The second-order valence-corrected chi connectivity index (χ2v) is 5.60. The predicted octanol–water partition coefficient (Wildman–Crippen LogP) is 1.62. The summed E-state index contributed by atoms with van der Waals surface area (Å²) in [6.07, 6.45) is 4.15. The van der Waals surface area contributed by atoms with Crippen molar-refractivity contribution in [3.8, 4) is 0 Å². The van der Waals surface area contributed by atoms with Gasteiger partial charge in [-0.05, 0) is 44.6 Å². The molecule has 0 bridgehead atoms. The van der Waals surface area contributed by atoms with E-state index in [2.05, 4.69) is 21.8 Å². The van der Waals surface area contributed by atoms with Gasteiger partial charge in [-0.3, -0.25) is 4.90 Å². The molecule has 1 aromatic heterocycles. The van der Waals surface area contributed by atoms with E-state index in [4.69, 9.17) is 11.6 Å². The summed E-state index contributed by atoms with van der Waals surface area (Å²) in [5.41, 5.74) is 1.15. The number of halogens is 1. The second kappa shape index (κ2) is 7.20. The first-order chi connectivity index (χ1) is 9.19. The highest BCUT2D eigenvalue weighted by Crippen LogP contribution is 2.18. The van der Waals surface area contributed by atoms with Crippen molar-refractivity contribution in [1.82, 2.24) is 14.8 Å². The van der Waals surface area contributed by atoms with Crippen LogP contribution < -0.4 is 0 Å². The van der Waals surface area contributed by atoms with Crippen LogP contribution in [0.3, 0.4) is 0 Å². The van der Waals surface area contributed by atoms with Crippen molar-refractivity contribution in [1.29, 1.82) is 0 Å². The van der Waals surface area contributed by atoms with Crippen LogP contribution in [0, 0.1) is 0 Å². The first-order valence-corrected chi connectivity index (χ1v) is 7.20. The molecular weight excluding hydrogens is 262 g/mol. The Balaban J connectivity index is 1.97. The quantitative estimate of drug-likeness (QED) is 0.834. The van der Waals surface area contributed by atoms with Crippen LogP contribution in [0.5, 0.6) is 0 Å². The number of hydrogen-bond acceptors (Lipinski definition) is 4. The molecule has 0 unspecified atom stereocenters. The highest BCUT2D eigenvalue weighted by atomic mass is 35.5. The van der Waals surface area contributed by atoms with Crippen molar-refractivity contribution in [2.45, 2.75) is 25.4 Å². The van der Waals surface area contributed by atoms with Crippen molar-refractivity contribution in [3.63, 3.8) is 0 Å². The average molecular weight is 284 g/mol. The third-order valence-electron chi connectivity index (χ3n) is 3.77. The third kappa shape index (κ3) is 4.42. The molecule has 0 amide bonds. The zero-order valence-corrected chi connectivity index (χ0v) is 12.2. The van der Waals surface area contributed by atoms with Crippen molar-refractivity contribution in [2.24, 2.45) is 0 Å². The van der Waals surface area contributed by atoms with Gasteiger partial charge in [0.1, 0.15) is 5.15 Å². The molecule has 0 aliphatic carbocycles. The minimum absolute atomic E-state index is 0.202. The van der Waals surface area contributed by atoms with Gasteiger partial charge in [0.05, 0.1) is 6.61 Å². The standard InChI is InChI=1S/C14H22ClN3O/c1-17-6-4-13(5-7-17)18(8-9-19)11-12-2-3-14(15)16-10-12/h2-3,10,13,19H,4-9,11H2,1H3. The van der Waals surface area contributed by atoms with Crippen LogP contribution in [0.25, 0.3) is 0 Å². The van der Waals surface area contributed by atoms with Crippen molar-refractivity contribution < 1.29 is 5.11 Å². The lowest BCUT2D eigenvalue weighted by Crippen LogP contribution is -2.44. The maximum absolute atomic E-state index is 9.25. The van der Waals surface area contributed by atoms with Gasteiger partial charge >= 0.3 is 0 Å². The Morgan fingerprint density at radius 1 is 1.42 bits per heavy atom. The van der Waals surface area contributed by atoms with Crippen molar-refractivity contribution in [2.75, 3.05) is 33.3 Å². The molecule has 0 saturated carbocycles. The summed E-state index contributed by atoms with van der Waals surface area (Å²) < 4.78 is 0. The fourth-order valence-corrected chi connectivity index (χ4v) is 2.73. The predicted molar refractivity (Wildman–Crippen MR) is 77.3 cm³/mol. The lowest BCUT2D eigenvalue weighted by molar-refractivity contribution is 0.0940. The Labute approximate surface area is 120 Å². The number of hydrogen-bond donors (Lipinski definition) is 1. The number of nitrogens with zero attached hydrogens (tertiary/aromatic N) is 3. The summed E-state index contributed by atoms with van der Waals surface area (Å²) in [5, 5.41) is 9.78. The molecule has 1 aliphatic rings. The van der Waals surface area contributed by atoms with Crippen molar-refractivity contribution >= 4 is 11.6 Å². The highest BCUT2D eigenvalue weighted by molar-refractivity contribution is 6.29. The average Bonchev–Trinajstić information content (AvgIpc) is 2.42. The maximum atomic E-state index is 9.25. The molecule has 19 heavy (non-hydrogen) atoms. The lowest BCUT2D eigenvalue weighted by Gasteiger charge is -2.37. The van der Waals surface area contributed by atoms with Crippen LogP contribution in [-0.4, -0.2) is 59.2 Å². The number of piperidine rings is 1. The van der Waals surface area contributed by atoms with Crippen LogP contribution in [0.15, 0.2) is 18.3 Å². The molecule has 2 rings (SSSR count). The number of aliphatic hydroxyl groups is 1. The van der Waals surface area contributed by atoms with Crippen molar-refractivity contribution in [3.05, 3.63) is 29.0 Å². The molecule has 0 radical (unpaired) electrons. The Kier molecular flexibility index (Phi) is 5.58. The molecule has 4 nitrogen and oxygen atoms in total. The molecule has 5 heteroatoms. The molecule has 1 fully saturated rings. The minimum atomic E-state index is 0.202. The molecule has 1 aliphatic heterocycles. The SMILES string of the molecule is CN1CCC(N(CCO)Cc2ccc(Cl)nc2)CC1. The zero-order valence-electron chi connectivity index (χ0n) is 11.4. The summed E-state index contributed by atoms with van der Waals surface area (Å²) in [6, 6.07) is 4.39. The summed E-state index contributed by atoms with van der Waals surface area (Å²) in [4.78, 5) is 8.84. The normalized spacial score (nSPS) is 18.1. The third-order valence-corrected chi connectivity index (χ3v) is 3.99. The minimum Gasteiger partial charge on any atom is -0.395 e. The van der Waals surface area contributed by atoms with Gasteiger partial charge < -0.3 is 10.0 Å². The number of likely N-dealkylation sites (tertiary alicyclic amines) is 1. The number of pyridine rings is 1. The van der Waals surface area contributed by atoms with E-state index in [1.54, 1.807) is 0 Å². The van der Waals surface area contributed by atoms with E-state index >= 15 is 0 Å². The number of aliphatic hydroxyl groups excluding tert-OH is 1. The largest absolute Gasteiger partial charge is 0.395 e. The van der Waals surface area contributed by atoms with Crippen LogP contribution >= 0.6 is 11.6 Å². The van der Waals surface area contributed by atoms with Gasteiger partial charge in [-0.25, -0.2) is 4.98 Å². The molecular formula is C14H22ClN3O. The fraction of sp³-hybridized carbons (Fsp3) is 0.643. The summed E-state index contributed by atoms with van der Waals surface area (Å²) in [5.74, 6) is 0. The molecule has 1 saturated heterocycles. The van der Waals surface area contributed by atoms with Gasteiger partial charge in [0, 0.05) is 25.3 Å². The number of rotatable bonds is 5. The smallest absolute Gasteiger partial charge is 0.129 e. The molecule has 0 spiro atoms. The van der Waals surface area contributed by atoms with Crippen LogP contribution in [0.4, 0.5) is 0 Å². The highest BCUT2D eigenvalue weighted by Gasteiger charge is 2.22. The summed E-state index contributed by atoms with van der Waals surface area (Å²) in [7, 11) is 2.16. The Hall–Kier alpha value is -0.680. The van der Waals surface area contributed by atoms with E-state index in [0.717, 1.165) is 44.6 Å². The lowest BCUT2D eigenvalue weighted by atomic mass is 10.0. The Bertz CT molecular complexity index is 377. The van der Waals surface area contributed by atoms with E-state index in [0.29, 0.717) is 11.2 Å². The molecule has 0 aromatic carbocycles. The summed E-state index contributed by atoms with van der Waals surface area (Å²) in [6.45, 7) is 4.01. The fourth-order valence-electron chi connectivity index (χ4n) is 2.61. The van der Waals surface area contributed by atoms with E-state index in [9.17, 15) is 5.11 Å². The van der Waals surface area contributed by atoms with E-state index < -0.39 is 0 Å². The Morgan fingerprint density at radius 3 is 2.74 bits per heavy atom. The van der Waals surface area contributed by atoms with E-state index in [-0.39, 0.29) is 6.61 Å². The van der Waals surface area contributed by atoms with Gasteiger partial charge in [0.15, 0.2) is 0 Å². The topological polar surface area (TPSA) is 39.6 Å². The van der Waals surface area contributed by atoms with Gasteiger partial charge in [0.2, 0.25) is 0 Å². The van der Waals surface area contributed by atoms with Gasteiger partial charge in [0.25, 0.3) is 0 Å². The zero-order chi connectivity index (χ0) is 13.7. The van der Waals surface area contributed by atoms with Crippen LogP contribution in [0.1, 0.15) is 18.4 Å². The van der Waals surface area contributed by atoms with Crippen LogP contribution in [-0.2, 0) is 6.54 Å². The molecule has 106 valence electrons. The Morgan fingerprint density at radius 2 is 2.16 bits per heavy atom. The summed E-state index contributed by atoms with van der Waals surface area (Å²) >= 11 is 5.80. The first kappa shape index (κ1) is 14.7. The molecule has 1 N–H and O–H groups in total.